The topological polar surface area (TPSA) is 125 Å². The first-order chi connectivity index (χ1) is 14.6. The molecule has 1 N–H and O–H groups in total. The second kappa shape index (κ2) is 8.24. The van der Waals surface area contributed by atoms with Gasteiger partial charge in [-0.15, -0.1) is 0 Å². The van der Waals surface area contributed by atoms with Crippen LogP contribution in [0.1, 0.15) is 11.1 Å². The van der Waals surface area contributed by atoms with Gasteiger partial charge in [0.2, 0.25) is 0 Å². The lowest BCUT2D eigenvalue weighted by Gasteiger charge is -2.36. The molecule has 2 bridgehead atoms. The Labute approximate surface area is 180 Å². The van der Waals surface area contributed by atoms with Crippen molar-refractivity contribution in [2.75, 3.05) is 6.61 Å². The Morgan fingerprint density at radius 3 is 1.74 bits per heavy atom. The molecule has 2 aromatic carbocycles. The summed E-state index contributed by atoms with van der Waals surface area (Å²) >= 11 is 0. The van der Waals surface area contributed by atoms with Crippen molar-refractivity contribution >= 4 is 20.2 Å². The zero-order valence-corrected chi connectivity index (χ0v) is 18.4. The first kappa shape index (κ1) is 22.3. The highest BCUT2D eigenvalue weighted by Crippen LogP contribution is 2.35. The summed E-state index contributed by atoms with van der Waals surface area (Å²) in [5.41, 5.74) is 1.72. The van der Waals surface area contributed by atoms with E-state index in [0.29, 0.717) is 0 Å². The van der Waals surface area contributed by atoms with Crippen LogP contribution in [0.5, 0.6) is 0 Å². The van der Waals surface area contributed by atoms with Gasteiger partial charge in [-0.25, -0.2) is 0 Å². The molecule has 4 rings (SSSR count). The zero-order valence-electron chi connectivity index (χ0n) is 16.7. The number of aliphatic hydroxyl groups is 1. The van der Waals surface area contributed by atoms with Crippen molar-refractivity contribution in [2.24, 2.45) is 0 Å². The Morgan fingerprint density at radius 2 is 1.26 bits per heavy atom. The fourth-order valence-corrected chi connectivity index (χ4v) is 5.58. The van der Waals surface area contributed by atoms with Crippen molar-refractivity contribution in [3.05, 3.63) is 59.7 Å². The fourth-order valence-electron chi connectivity index (χ4n) is 3.39. The number of fused-ring (bicyclic) bond motifs is 2. The van der Waals surface area contributed by atoms with Gasteiger partial charge in [-0.2, -0.15) is 16.8 Å². The summed E-state index contributed by atoms with van der Waals surface area (Å²) in [5, 5.41) is 10.8. The van der Waals surface area contributed by atoms with Gasteiger partial charge >= 0.3 is 0 Å². The van der Waals surface area contributed by atoms with Crippen molar-refractivity contribution < 1.29 is 39.8 Å². The highest BCUT2D eigenvalue weighted by Gasteiger charge is 2.54. The number of ether oxygens (including phenoxy) is 2. The molecule has 2 heterocycles. The van der Waals surface area contributed by atoms with E-state index >= 15 is 0 Å². The Hall–Kier alpha value is -1.86. The molecule has 11 heteroatoms. The van der Waals surface area contributed by atoms with Crippen LogP contribution in [0, 0.1) is 13.8 Å². The van der Waals surface area contributed by atoms with Gasteiger partial charge < -0.3 is 14.6 Å². The van der Waals surface area contributed by atoms with E-state index in [1.54, 1.807) is 31.2 Å². The molecule has 0 amide bonds. The molecule has 2 aliphatic heterocycles. The number of hydrogen-bond donors (Lipinski definition) is 1. The minimum atomic E-state index is -4.28. The van der Waals surface area contributed by atoms with Crippen molar-refractivity contribution in [1.29, 1.82) is 0 Å². The van der Waals surface area contributed by atoms with E-state index in [0.717, 1.165) is 11.1 Å². The van der Waals surface area contributed by atoms with Gasteiger partial charge in [0.05, 0.1) is 16.4 Å². The standard InChI is InChI=1S/C20H22O9S2/c1-12-3-7-14(8-4-12)30(22,23)28-18-16-11-26-20(27-16)19(17(18)21)29-31(24,25)15-9-5-13(2)6-10-15/h3-10,16-21H,11H2,1-2H3/t16-,17+,18-,19-,20-/m1/s1/i11+1. The zero-order chi connectivity index (χ0) is 22.4. The first-order valence-electron chi connectivity index (χ1n) is 9.52. The molecule has 5 atom stereocenters. The van der Waals surface area contributed by atoms with Crippen LogP contribution >= 0.6 is 0 Å². The van der Waals surface area contributed by atoms with Crippen molar-refractivity contribution in [3.63, 3.8) is 0 Å². The molecule has 0 unspecified atom stereocenters. The normalized spacial score (nSPS) is 28.5. The van der Waals surface area contributed by atoms with Gasteiger partial charge in [0.1, 0.15) is 18.3 Å². The monoisotopic (exact) mass is 471 g/mol. The molecule has 0 saturated carbocycles. The van der Waals surface area contributed by atoms with Gasteiger partial charge in [0.15, 0.2) is 12.4 Å². The summed E-state index contributed by atoms with van der Waals surface area (Å²) < 4.78 is 72.1. The van der Waals surface area contributed by atoms with Gasteiger partial charge in [0.25, 0.3) is 20.2 Å². The van der Waals surface area contributed by atoms with Crippen LogP contribution in [-0.2, 0) is 38.1 Å². The van der Waals surface area contributed by atoms with Gasteiger partial charge in [-0.1, -0.05) is 35.4 Å². The number of aryl methyl sites for hydroxylation is 2. The summed E-state index contributed by atoms with van der Waals surface area (Å²) in [7, 11) is -8.54. The van der Waals surface area contributed by atoms with E-state index in [4.69, 9.17) is 17.8 Å². The number of rotatable bonds is 6. The second-order valence-corrected chi connectivity index (χ2v) is 10.7. The molecule has 2 saturated heterocycles. The Balaban J connectivity index is 1.57. The Bertz CT molecular complexity index is 1050. The third-order valence-corrected chi connectivity index (χ3v) is 7.79. The Kier molecular flexibility index (Phi) is 5.94. The molecule has 2 aromatic rings. The molecule has 0 aliphatic carbocycles. The van der Waals surface area contributed by atoms with Gasteiger partial charge in [0, 0.05) is 0 Å². The summed E-state index contributed by atoms with van der Waals surface area (Å²) in [6.45, 7) is 3.53. The van der Waals surface area contributed by atoms with E-state index in [2.05, 4.69) is 0 Å². The lowest BCUT2D eigenvalue weighted by atomic mass is 10.0. The molecule has 0 aromatic heterocycles. The van der Waals surface area contributed by atoms with E-state index in [-0.39, 0.29) is 16.4 Å². The summed E-state index contributed by atoms with van der Waals surface area (Å²) in [6.07, 6.45) is -6.64. The number of aliphatic hydroxyl groups excluding tert-OH is 1. The highest BCUT2D eigenvalue weighted by atomic mass is 32.2. The molecule has 9 nitrogen and oxygen atoms in total. The van der Waals surface area contributed by atoms with Crippen LogP contribution < -0.4 is 0 Å². The second-order valence-electron chi connectivity index (χ2n) is 7.52. The van der Waals surface area contributed by atoms with Crippen LogP contribution in [-0.4, -0.2) is 59.3 Å². The lowest BCUT2D eigenvalue weighted by Crippen LogP contribution is -2.56. The third kappa shape index (κ3) is 4.53. The highest BCUT2D eigenvalue weighted by molar-refractivity contribution is 7.87. The minimum absolute atomic E-state index is 0.0831. The Morgan fingerprint density at radius 1 is 0.806 bits per heavy atom. The maximum absolute atomic E-state index is 12.7. The van der Waals surface area contributed by atoms with Crippen LogP contribution in [0.15, 0.2) is 58.3 Å². The molecule has 2 fully saturated rings. The average Bonchev–Trinajstić information content (AvgIpc) is 3.16. The molecule has 168 valence electrons. The van der Waals surface area contributed by atoms with Crippen LogP contribution in [0.25, 0.3) is 0 Å². The number of hydrogen-bond acceptors (Lipinski definition) is 9. The largest absolute Gasteiger partial charge is 0.387 e. The third-order valence-electron chi connectivity index (χ3n) is 5.14. The predicted octanol–water partition coefficient (Wildman–Crippen LogP) is 1.27. The van der Waals surface area contributed by atoms with Gasteiger partial charge in [-0.05, 0) is 38.1 Å². The van der Waals surface area contributed by atoms with E-state index in [1.165, 1.54) is 24.3 Å². The molecule has 0 radical (unpaired) electrons. The van der Waals surface area contributed by atoms with E-state index in [1.807, 2.05) is 6.92 Å². The summed E-state index contributed by atoms with van der Waals surface area (Å²) in [4.78, 5) is -0.216. The summed E-state index contributed by atoms with van der Waals surface area (Å²) in [6, 6.07) is 11.9. The van der Waals surface area contributed by atoms with Crippen molar-refractivity contribution in [2.45, 2.75) is 54.3 Å². The average molecular weight is 472 g/mol. The number of benzene rings is 2. The molecular formula is C20H22O9S2. The summed E-state index contributed by atoms with van der Waals surface area (Å²) in [5.74, 6) is 0. The van der Waals surface area contributed by atoms with Crippen molar-refractivity contribution in [1.82, 2.24) is 0 Å². The first-order valence-corrected chi connectivity index (χ1v) is 12.3. The maximum Gasteiger partial charge on any atom is 0.297 e. The molecule has 2 aliphatic rings. The van der Waals surface area contributed by atoms with Gasteiger partial charge in [-0.3, -0.25) is 8.37 Å². The van der Waals surface area contributed by atoms with Crippen LogP contribution in [0.4, 0.5) is 0 Å². The fraction of sp³-hybridized carbons (Fsp3) is 0.400. The smallest absolute Gasteiger partial charge is 0.297 e. The van der Waals surface area contributed by atoms with E-state index < -0.39 is 50.9 Å². The quantitative estimate of drug-likeness (QED) is 0.490. The SMILES string of the molecule is Cc1ccc(S(=O)(=O)O[C@H]2[C@@H]3O[13CH2][C@@H](O3)[C@@H](OS(=O)(=O)c3ccc(C)cc3)[C@@H]2O)cc1. The molecular weight excluding hydrogens is 449 g/mol. The van der Waals surface area contributed by atoms with Crippen molar-refractivity contribution in [3.8, 4) is 0 Å². The predicted molar refractivity (Wildman–Crippen MR) is 107 cm³/mol. The maximum atomic E-state index is 12.7. The molecule has 0 spiro atoms. The van der Waals surface area contributed by atoms with E-state index in [9.17, 15) is 21.9 Å². The van der Waals surface area contributed by atoms with Crippen LogP contribution in [0.3, 0.4) is 0 Å². The molecule has 31 heavy (non-hydrogen) atoms. The minimum Gasteiger partial charge on any atom is -0.387 e. The van der Waals surface area contributed by atoms with Crippen LogP contribution in [0.2, 0.25) is 0 Å². The lowest BCUT2D eigenvalue weighted by molar-refractivity contribution is -0.213.